The van der Waals surface area contributed by atoms with E-state index >= 15 is 0 Å². The smallest absolute Gasteiger partial charge is 0.155 e. The Hall–Kier alpha value is -1.41. The van der Waals surface area contributed by atoms with Crippen molar-refractivity contribution in [3.63, 3.8) is 0 Å². The zero-order valence-corrected chi connectivity index (χ0v) is 12.0. The van der Waals surface area contributed by atoms with Crippen LogP contribution >= 0.6 is 0 Å². The summed E-state index contributed by atoms with van der Waals surface area (Å²) in [7, 11) is 0. The summed E-state index contributed by atoms with van der Waals surface area (Å²) < 4.78 is 11.2. The van der Waals surface area contributed by atoms with Gasteiger partial charge in [0.15, 0.2) is 5.54 Å². The van der Waals surface area contributed by atoms with E-state index < -0.39 is 5.54 Å². The van der Waals surface area contributed by atoms with Crippen molar-refractivity contribution in [3.05, 3.63) is 35.9 Å². The molecule has 1 fully saturated rings. The molecule has 4 heteroatoms. The molecular weight excluding hydrogens is 252 g/mol. The lowest BCUT2D eigenvalue weighted by atomic mass is 9.92. The number of hydrogen-bond acceptors (Lipinski definition) is 4. The van der Waals surface area contributed by atoms with E-state index in [1.54, 1.807) is 0 Å². The molecule has 108 valence electrons. The van der Waals surface area contributed by atoms with Gasteiger partial charge in [-0.05, 0) is 24.9 Å². The molecule has 0 aliphatic carbocycles. The number of benzene rings is 1. The Balaban J connectivity index is 2.11. The largest absolute Gasteiger partial charge is 0.379 e. The average molecular weight is 274 g/mol. The lowest BCUT2D eigenvalue weighted by Crippen LogP contribution is -2.46. The summed E-state index contributed by atoms with van der Waals surface area (Å²) in [5.41, 5.74) is 0.176. The summed E-state index contributed by atoms with van der Waals surface area (Å²) >= 11 is 0. The Labute approximate surface area is 120 Å². The van der Waals surface area contributed by atoms with Gasteiger partial charge in [-0.3, -0.25) is 5.32 Å². The molecule has 1 saturated heterocycles. The van der Waals surface area contributed by atoms with Gasteiger partial charge in [0, 0.05) is 6.61 Å². The van der Waals surface area contributed by atoms with Gasteiger partial charge < -0.3 is 9.47 Å². The summed E-state index contributed by atoms with van der Waals surface area (Å²) in [6.45, 7) is 4.60. The summed E-state index contributed by atoms with van der Waals surface area (Å²) in [5, 5.41) is 13.1. The molecule has 1 aromatic rings. The van der Waals surface area contributed by atoms with Gasteiger partial charge in [-0.25, -0.2) is 0 Å². The number of nitrogens with one attached hydrogen (secondary N) is 1. The first-order chi connectivity index (χ1) is 9.80. The molecule has 2 unspecified atom stereocenters. The predicted molar refractivity (Wildman–Crippen MR) is 77.2 cm³/mol. The number of rotatable bonds is 7. The van der Waals surface area contributed by atoms with E-state index in [1.165, 1.54) is 0 Å². The fourth-order valence-electron chi connectivity index (χ4n) is 2.32. The Morgan fingerprint density at radius 2 is 2.25 bits per heavy atom. The maximum absolute atomic E-state index is 9.71. The predicted octanol–water partition coefficient (Wildman–Crippen LogP) is 2.21. The molecule has 0 spiro atoms. The van der Waals surface area contributed by atoms with Gasteiger partial charge in [0.1, 0.15) is 0 Å². The average Bonchev–Trinajstić information content (AvgIpc) is 3.02. The van der Waals surface area contributed by atoms with Gasteiger partial charge in [-0.1, -0.05) is 37.3 Å². The van der Waals surface area contributed by atoms with E-state index in [0.717, 1.165) is 31.6 Å². The van der Waals surface area contributed by atoms with Gasteiger partial charge in [0.2, 0.25) is 0 Å². The van der Waals surface area contributed by atoms with E-state index in [2.05, 4.69) is 18.3 Å². The first-order valence-corrected chi connectivity index (χ1v) is 7.22. The molecule has 0 bridgehead atoms. The van der Waals surface area contributed by atoms with Crippen LogP contribution in [0.25, 0.3) is 0 Å². The molecule has 0 saturated carbocycles. The number of nitriles is 1. The van der Waals surface area contributed by atoms with Gasteiger partial charge in [-0.2, -0.15) is 5.26 Å². The van der Waals surface area contributed by atoms with Crippen LogP contribution < -0.4 is 5.32 Å². The van der Waals surface area contributed by atoms with Crippen LogP contribution in [0.5, 0.6) is 0 Å². The Kier molecular flexibility index (Phi) is 5.54. The highest BCUT2D eigenvalue weighted by Crippen LogP contribution is 2.23. The molecule has 20 heavy (non-hydrogen) atoms. The van der Waals surface area contributed by atoms with Crippen LogP contribution in [0.1, 0.15) is 25.3 Å². The van der Waals surface area contributed by atoms with Crippen molar-refractivity contribution in [2.24, 2.45) is 0 Å². The Bertz CT molecular complexity index is 438. The van der Waals surface area contributed by atoms with Crippen LogP contribution in [0.15, 0.2) is 30.3 Å². The molecule has 0 radical (unpaired) electrons. The summed E-state index contributed by atoms with van der Waals surface area (Å²) in [6.07, 6.45) is 1.99. The van der Waals surface area contributed by atoms with Crippen molar-refractivity contribution in [3.8, 4) is 6.07 Å². The molecule has 1 N–H and O–H groups in total. The quantitative estimate of drug-likeness (QED) is 0.828. The van der Waals surface area contributed by atoms with Crippen LogP contribution in [-0.4, -0.2) is 32.5 Å². The third-order valence-corrected chi connectivity index (χ3v) is 3.56. The van der Waals surface area contributed by atoms with Crippen LogP contribution in [0, 0.1) is 11.3 Å². The number of ether oxygens (including phenoxy) is 2. The minimum Gasteiger partial charge on any atom is -0.379 e. The zero-order valence-electron chi connectivity index (χ0n) is 12.0. The molecule has 1 heterocycles. The van der Waals surface area contributed by atoms with Crippen LogP contribution in [0.4, 0.5) is 0 Å². The molecule has 2 rings (SSSR count). The molecule has 1 aromatic carbocycles. The molecule has 0 aromatic heterocycles. The lowest BCUT2D eigenvalue weighted by molar-refractivity contribution is 0.0159. The molecular formula is C16H22N2O2. The SMILES string of the molecule is CCCNC(C#N)(COC1CCOC1)c1ccccc1. The first-order valence-electron chi connectivity index (χ1n) is 7.22. The van der Waals surface area contributed by atoms with Gasteiger partial charge >= 0.3 is 0 Å². The molecule has 1 aliphatic heterocycles. The minimum absolute atomic E-state index is 0.106. The maximum Gasteiger partial charge on any atom is 0.155 e. The monoisotopic (exact) mass is 274 g/mol. The van der Waals surface area contributed by atoms with E-state index in [4.69, 9.17) is 9.47 Å². The molecule has 2 atom stereocenters. The standard InChI is InChI=1S/C16H22N2O2/c1-2-9-18-16(12-17,14-6-4-3-5-7-14)13-20-15-8-10-19-11-15/h3-7,15,18H,2,8-11,13H2,1H3. The van der Waals surface area contributed by atoms with E-state index in [0.29, 0.717) is 13.2 Å². The highest BCUT2D eigenvalue weighted by molar-refractivity contribution is 5.31. The minimum atomic E-state index is -0.778. The first kappa shape index (κ1) is 15.0. The fourth-order valence-corrected chi connectivity index (χ4v) is 2.32. The second-order valence-electron chi connectivity index (χ2n) is 5.11. The molecule has 0 amide bonds. The summed E-state index contributed by atoms with van der Waals surface area (Å²) in [4.78, 5) is 0. The number of hydrogen-bond donors (Lipinski definition) is 1. The van der Waals surface area contributed by atoms with E-state index in [-0.39, 0.29) is 6.10 Å². The van der Waals surface area contributed by atoms with Crippen molar-refractivity contribution in [1.82, 2.24) is 5.32 Å². The van der Waals surface area contributed by atoms with E-state index in [9.17, 15) is 5.26 Å². The summed E-state index contributed by atoms with van der Waals surface area (Å²) in [5.74, 6) is 0. The second kappa shape index (κ2) is 7.39. The van der Waals surface area contributed by atoms with Crippen molar-refractivity contribution in [1.29, 1.82) is 5.26 Å². The third-order valence-electron chi connectivity index (χ3n) is 3.56. The topological polar surface area (TPSA) is 54.3 Å². The van der Waals surface area contributed by atoms with Gasteiger partial charge in [0.05, 0.1) is 25.4 Å². The van der Waals surface area contributed by atoms with Crippen molar-refractivity contribution < 1.29 is 9.47 Å². The van der Waals surface area contributed by atoms with Crippen LogP contribution in [0.2, 0.25) is 0 Å². The summed E-state index contributed by atoms with van der Waals surface area (Å²) in [6, 6.07) is 12.2. The molecule has 4 nitrogen and oxygen atoms in total. The van der Waals surface area contributed by atoms with Gasteiger partial charge in [-0.15, -0.1) is 0 Å². The Morgan fingerprint density at radius 1 is 1.45 bits per heavy atom. The Morgan fingerprint density at radius 3 is 2.85 bits per heavy atom. The van der Waals surface area contributed by atoms with Crippen molar-refractivity contribution in [2.75, 3.05) is 26.4 Å². The lowest BCUT2D eigenvalue weighted by Gasteiger charge is -2.29. The highest BCUT2D eigenvalue weighted by Gasteiger charge is 2.33. The van der Waals surface area contributed by atoms with Crippen LogP contribution in [0.3, 0.4) is 0 Å². The van der Waals surface area contributed by atoms with Crippen molar-refractivity contribution in [2.45, 2.75) is 31.4 Å². The third kappa shape index (κ3) is 3.57. The zero-order chi connectivity index (χ0) is 14.3. The normalized spacial score (nSPS) is 21.3. The fraction of sp³-hybridized carbons (Fsp3) is 0.562. The van der Waals surface area contributed by atoms with Crippen molar-refractivity contribution >= 4 is 0 Å². The molecule has 1 aliphatic rings. The van der Waals surface area contributed by atoms with Gasteiger partial charge in [0.25, 0.3) is 0 Å². The maximum atomic E-state index is 9.71. The number of nitrogens with zero attached hydrogens (tertiary/aromatic N) is 1. The second-order valence-corrected chi connectivity index (χ2v) is 5.11. The van der Waals surface area contributed by atoms with E-state index in [1.807, 2.05) is 30.3 Å². The highest BCUT2D eigenvalue weighted by atomic mass is 16.5. The van der Waals surface area contributed by atoms with Crippen LogP contribution in [-0.2, 0) is 15.0 Å².